The van der Waals surface area contributed by atoms with Crippen molar-refractivity contribution >= 4 is 11.6 Å². The molecule has 0 radical (unpaired) electrons. The zero-order chi connectivity index (χ0) is 15.0. The number of rotatable bonds is 8. The molecule has 0 aliphatic rings. The number of ether oxygens (including phenoxy) is 1. The number of benzene rings is 1. The Morgan fingerprint density at radius 3 is 2.45 bits per heavy atom. The molecule has 4 nitrogen and oxygen atoms in total. The molecule has 0 spiro atoms. The van der Waals surface area contributed by atoms with Gasteiger partial charge in [0.05, 0.1) is 12.6 Å². The first-order valence-corrected chi connectivity index (χ1v) is 7.32. The fourth-order valence-electron chi connectivity index (χ4n) is 1.72. The number of nitrogens with two attached hydrogens (primary N) is 1. The zero-order valence-corrected chi connectivity index (χ0v) is 12.7. The lowest BCUT2D eigenvalue weighted by atomic mass is 10.1. The highest BCUT2D eigenvalue weighted by Gasteiger charge is 2.12. The summed E-state index contributed by atoms with van der Waals surface area (Å²) < 4.78 is 5.63. The summed E-state index contributed by atoms with van der Waals surface area (Å²) in [6.45, 7) is 7.06. The van der Waals surface area contributed by atoms with Gasteiger partial charge in [-0.25, -0.2) is 0 Å². The molecule has 1 rings (SSSR count). The highest BCUT2D eigenvalue weighted by atomic mass is 16.5. The van der Waals surface area contributed by atoms with Crippen LogP contribution in [-0.4, -0.2) is 18.6 Å². The van der Waals surface area contributed by atoms with Gasteiger partial charge >= 0.3 is 0 Å². The lowest BCUT2D eigenvalue weighted by Gasteiger charge is -2.12. The molecule has 0 aliphatic heterocycles. The summed E-state index contributed by atoms with van der Waals surface area (Å²) in [5.74, 6) is 1.32. The van der Waals surface area contributed by atoms with Gasteiger partial charge < -0.3 is 15.8 Å². The molecule has 20 heavy (non-hydrogen) atoms. The molecule has 1 unspecified atom stereocenters. The van der Waals surface area contributed by atoms with E-state index in [0.29, 0.717) is 18.9 Å². The fourth-order valence-corrected chi connectivity index (χ4v) is 1.72. The molecule has 4 heteroatoms. The number of anilines is 1. The first-order valence-electron chi connectivity index (χ1n) is 7.32. The minimum absolute atomic E-state index is 0.139. The molecular formula is C16H26N2O2. The van der Waals surface area contributed by atoms with E-state index in [1.165, 1.54) is 0 Å². The summed E-state index contributed by atoms with van der Waals surface area (Å²) >= 11 is 0. The molecular weight excluding hydrogens is 252 g/mol. The minimum Gasteiger partial charge on any atom is -0.494 e. The van der Waals surface area contributed by atoms with Crippen molar-refractivity contribution in [2.45, 2.75) is 46.1 Å². The topological polar surface area (TPSA) is 64.4 Å². The monoisotopic (exact) mass is 278 g/mol. The van der Waals surface area contributed by atoms with Crippen LogP contribution in [0.5, 0.6) is 5.75 Å². The first-order chi connectivity index (χ1) is 9.52. The van der Waals surface area contributed by atoms with Crippen molar-refractivity contribution in [2.75, 3.05) is 11.9 Å². The van der Waals surface area contributed by atoms with Crippen LogP contribution >= 0.6 is 0 Å². The van der Waals surface area contributed by atoms with Gasteiger partial charge in [0.2, 0.25) is 5.91 Å². The van der Waals surface area contributed by atoms with E-state index in [0.717, 1.165) is 24.3 Å². The number of hydrogen-bond acceptors (Lipinski definition) is 3. The molecule has 0 bridgehead atoms. The Morgan fingerprint density at radius 2 is 1.90 bits per heavy atom. The molecule has 1 aromatic rings. The van der Waals surface area contributed by atoms with Crippen molar-refractivity contribution in [3.05, 3.63) is 24.3 Å². The maximum Gasteiger partial charge on any atom is 0.241 e. The van der Waals surface area contributed by atoms with Gasteiger partial charge in [0.1, 0.15) is 5.75 Å². The molecule has 3 N–H and O–H groups in total. The van der Waals surface area contributed by atoms with Crippen LogP contribution < -0.4 is 15.8 Å². The Morgan fingerprint density at radius 1 is 1.25 bits per heavy atom. The molecule has 0 saturated heterocycles. The predicted molar refractivity (Wildman–Crippen MR) is 82.9 cm³/mol. The Balaban J connectivity index is 2.44. The summed E-state index contributed by atoms with van der Waals surface area (Å²) in [6.07, 6.45) is 2.63. The Bertz CT molecular complexity index is 401. The van der Waals surface area contributed by atoms with Crippen molar-refractivity contribution in [1.82, 2.24) is 0 Å². The van der Waals surface area contributed by atoms with Gasteiger partial charge in [-0.2, -0.15) is 0 Å². The average molecular weight is 278 g/mol. The van der Waals surface area contributed by atoms with Gasteiger partial charge in [-0.05, 0) is 43.0 Å². The summed E-state index contributed by atoms with van der Waals surface area (Å²) in [7, 11) is 0. The Labute approximate surface area is 121 Å². The van der Waals surface area contributed by atoms with Gasteiger partial charge in [-0.15, -0.1) is 0 Å². The van der Waals surface area contributed by atoms with Gasteiger partial charge in [0.15, 0.2) is 0 Å². The highest BCUT2D eigenvalue weighted by molar-refractivity contribution is 5.94. The van der Waals surface area contributed by atoms with Crippen molar-refractivity contribution in [3.8, 4) is 5.75 Å². The van der Waals surface area contributed by atoms with Crippen LogP contribution in [-0.2, 0) is 4.79 Å². The van der Waals surface area contributed by atoms with Crippen molar-refractivity contribution < 1.29 is 9.53 Å². The number of amides is 1. The Kier molecular flexibility index (Phi) is 7.09. The molecule has 0 heterocycles. The zero-order valence-electron chi connectivity index (χ0n) is 12.7. The molecule has 0 aliphatic carbocycles. The SMILES string of the molecule is CCCC(N)C(=O)Nc1ccc(OCCC(C)C)cc1. The molecule has 1 aromatic carbocycles. The molecule has 1 atom stereocenters. The fraction of sp³-hybridized carbons (Fsp3) is 0.562. The van der Waals surface area contributed by atoms with Crippen LogP contribution in [0.4, 0.5) is 5.69 Å². The maximum absolute atomic E-state index is 11.8. The van der Waals surface area contributed by atoms with E-state index in [-0.39, 0.29) is 5.91 Å². The maximum atomic E-state index is 11.8. The number of carbonyl (C=O) groups is 1. The molecule has 1 amide bonds. The largest absolute Gasteiger partial charge is 0.494 e. The van der Waals surface area contributed by atoms with Gasteiger partial charge in [0.25, 0.3) is 0 Å². The van der Waals surface area contributed by atoms with E-state index >= 15 is 0 Å². The second kappa shape index (κ2) is 8.59. The van der Waals surface area contributed by atoms with E-state index < -0.39 is 6.04 Å². The molecule has 0 fully saturated rings. The van der Waals surface area contributed by atoms with Crippen LogP contribution in [0, 0.1) is 5.92 Å². The molecule has 112 valence electrons. The van der Waals surface area contributed by atoms with Crippen LogP contribution in [0.2, 0.25) is 0 Å². The minimum atomic E-state index is -0.443. The number of nitrogens with one attached hydrogen (secondary N) is 1. The van der Waals surface area contributed by atoms with Crippen LogP contribution in [0.1, 0.15) is 40.0 Å². The number of carbonyl (C=O) groups excluding carboxylic acids is 1. The third kappa shape index (κ3) is 6.06. The third-order valence-corrected chi connectivity index (χ3v) is 3.02. The van der Waals surface area contributed by atoms with Crippen LogP contribution in [0.15, 0.2) is 24.3 Å². The van der Waals surface area contributed by atoms with Gasteiger partial charge in [-0.3, -0.25) is 4.79 Å². The second-order valence-corrected chi connectivity index (χ2v) is 5.44. The quantitative estimate of drug-likeness (QED) is 0.767. The van der Waals surface area contributed by atoms with E-state index in [1.54, 1.807) is 0 Å². The van der Waals surface area contributed by atoms with E-state index in [4.69, 9.17) is 10.5 Å². The lowest BCUT2D eigenvalue weighted by molar-refractivity contribution is -0.117. The van der Waals surface area contributed by atoms with E-state index in [1.807, 2.05) is 31.2 Å². The summed E-state index contributed by atoms with van der Waals surface area (Å²) in [4.78, 5) is 11.8. The predicted octanol–water partition coefficient (Wildman–Crippen LogP) is 3.18. The highest BCUT2D eigenvalue weighted by Crippen LogP contribution is 2.16. The van der Waals surface area contributed by atoms with Crippen molar-refractivity contribution in [3.63, 3.8) is 0 Å². The average Bonchev–Trinajstić information content (AvgIpc) is 2.40. The normalized spacial score (nSPS) is 12.2. The van der Waals surface area contributed by atoms with Crippen LogP contribution in [0.25, 0.3) is 0 Å². The van der Waals surface area contributed by atoms with Gasteiger partial charge in [0, 0.05) is 5.69 Å². The lowest BCUT2D eigenvalue weighted by Crippen LogP contribution is -2.35. The third-order valence-electron chi connectivity index (χ3n) is 3.02. The number of hydrogen-bond donors (Lipinski definition) is 2. The second-order valence-electron chi connectivity index (χ2n) is 5.44. The molecule has 0 saturated carbocycles. The van der Waals surface area contributed by atoms with E-state index in [2.05, 4.69) is 19.2 Å². The summed E-state index contributed by atoms with van der Waals surface area (Å²) in [5, 5.41) is 2.81. The Hall–Kier alpha value is -1.55. The summed E-state index contributed by atoms with van der Waals surface area (Å²) in [5.41, 5.74) is 6.51. The standard InChI is InChI=1S/C16H26N2O2/c1-4-5-15(17)16(19)18-13-6-8-14(9-7-13)20-11-10-12(2)3/h6-9,12,15H,4-5,10-11,17H2,1-3H3,(H,18,19). The van der Waals surface area contributed by atoms with Crippen molar-refractivity contribution in [2.24, 2.45) is 11.7 Å². The summed E-state index contributed by atoms with van der Waals surface area (Å²) in [6, 6.07) is 6.95. The first kappa shape index (κ1) is 16.5. The molecule has 0 aromatic heterocycles. The van der Waals surface area contributed by atoms with Crippen molar-refractivity contribution in [1.29, 1.82) is 0 Å². The van der Waals surface area contributed by atoms with E-state index in [9.17, 15) is 4.79 Å². The smallest absolute Gasteiger partial charge is 0.241 e. The van der Waals surface area contributed by atoms with Gasteiger partial charge in [-0.1, -0.05) is 27.2 Å². The van der Waals surface area contributed by atoms with Crippen LogP contribution in [0.3, 0.4) is 0 Å².